The molecule has 0 bridgehead atoms. The lowest BCUT2D eigenvalue weighted by Crippen LogP contribution is -2.07. The van der Waals surface area contributed by atoms with E-state index in [1.807, 2.05) is 17.7 Å². The first-order valence-electron chi connectivity index (χ1n) is 7.15. The third kappa shape index (κ3) is 2.22. The lowest BCUT2D eigenvalue weighted by Gasteiger charge is -2.08. The molecule has 20 heavy (non-hydrogen) atoms. The van der Waals surface area contributed by atoms with Gasteiger partial charge in [0.25, 0.3) is 0 Å². The molecule has 4 heteroatoms. The molecule has 1 aromatic carbocycles. The Balaban J connectivity index is 1.93. The van der Waals surface area contributed by atoms with Crippen molar-refractivity contribution in [1.29, 1.82) is 0 Å². The zero-order chi connectivity index (χ0) is 14.1. The van der Waals surface area contributed by atoms with E-state index in [9.17, 15) is 0 Å². The third-order valence-corrected chi connectivity index (χ3v) is 3.87. The predicted octanol–water partition coefficient (Wildman–Crippen LogP) is 3.56. The maximum Gasteiger partial charge on any atom is 0.107 e. The number of aromatic nitrogens is 4. The van der Waals surface area contributed by atoms with Crippen LogP contribution in [0.2, 0.25) is 0 Å². The van der Waals surface area contributed by atoms with E-state index in [2.05, 4.69) is 59.0 Å². The minimum absolute atomic E-state index is 0.448. The number of para-hydroxylation sites is 2. The van der Waals surface area contributed by atoms with Crippen molar-refractivity contribution >= 4 is 11.0 Å². The second-order valence-electron chi connectivity index (χ2n) is 5.28. The molecule has 4 nitrogen and oxygen atoms in total. The number of benzene rings is 1. The Morgan fingerprint density at radius 3 is 2.80 bits per heavy atom. The van der Waals surface area contributed by atoms with Crippen LogP contribution in [0.1, 0.15) is 37.8 Å². The molecule has 0 saturated carbocycles. The van der Waals surface area contributed by atoms with Gasteiger partial charge in [0, 0.05) is 12.2 Å². The molecule has 3 rings (SSSR count). The van der Waals surface area contributed by atoms with Gasteiger partial charge < -0.3 is 4.57 Å². The molecule has 0 aliphatic carbocycles. The zero-order valence-electron chi connectivity index (χ0n) is 12.2. The van der Waals surface area contributed by atoms with E-state index >= 15 is 0 Å². The van der Waals surface area contributed by atoms with Crippen LogP contribution in [0, 0.1) is 6.92 Å². The Morgan fingerprint density at radius 1 is 1.20 bits per heavy atom. The fourth-order valence-electron chi connectivity index (χ4n) is 2.45. The maximum atomic E-state index is 4.67. The molecule has 0 fully saturated rings. The summed E-state index contributed by atoms with van der Waals surface area (Å²) in [4.78, 5) is 4.60. The van der Waals surface area contributed by atoms with Gasteiger partial charge in [-0.3, -0.25) is 4.68 Å². The summed E-state index contributed by atoms with van der Waals surface area (Å²) >= 11 is 0. The molecule has 0 aliphatic rings. The maximum absolute atomic E-state index is 4.67. The monoisotopic (exact) mass is 268 g/mol. The van der Waals surface area contributed by atoms with Crippen LogP contribution in [0.4, 0.5) is 0 Å². The first kappa shape index (κ1) is 12.9. The molecule has 3 aromatic rings. The number of nitrogens with zero attached hydrogens (tertiary/aromatic N) is 4. The molecular formula is C16H20N4. The summed E-state index contributed by atoms with van der Waals surface area (Å²) in [6.45, 7) is 7.19. The summed E-state index contributed by atoms with van der Waals surface area (Å²) in [7, 11) is 0. The molecule has 2 heterocycles. The first-order chi connectivity index (χ1) is 9.69. The van der Waals surface area contributed by atoms with Gasteiger partial charge in [0.2, 0.25) is 0 Å². The second kappa shape index (κ2) is 5.12. The van der Waals surface area contributed by atoms with Crippen LogP contribution in [0.15, 0.2) is 36.5 Å². The van der Waals surface area contributed by atoms with Crippen molar-refractivity contribution in [2.75, 3.05) is 0 Å². The lowest BCUT2D eigenvalue weighted by molar-refractivity contribution is 0.472. The number of hydrogen-bond acceptors (Lipinski definition) is 2. The molecule has 104 valence electrons. The second-order valence-corrected chi connectivity index (χ2v) is 5.28. The van der Waals surface area contributed by atoms with Crippen molar-refractivity contribution < 1.29 is 0 Å². The molecule has 0 radical (unpaired) electrons. The Labute approximate surface area is 119 Å². The van der Waals surface area contributed by atoms with Crippen LogP contribution in [0.25, 0.3) is 11.0 Å². The Bertz CT molecular complexity index is 723. The first-order valence-corrected chi connectivity index (χ1v) is 7.15. The average molecular weight is 268 g/mol. The summed E-state index contributed by atoms with van der Waals surface area (Å²) in [5, 5.41) is 4.67. The molecule has 0 amide bonds. The van der Waals surface area contributed by atoms with Crippen LogP contribution >= 0.6 is 0 Å². The van der Waals surface area contributed by atoms with E-state index in [1.54, 1.807) is 0 Å². The topological polar surface area (TPSA) is 35.6 Å². The van der Waals surface area contributed by atoms with Crippen molar-refractivity contribution in [3.63, 3.8) is 0 Å². The standard InChI is InChI=1S/C16H20N4/c1-4-12(2)20-10-9-14(18-20)11-19-13(3)17-15-7-5-6-8-16(15)19/h5-10,12H,4,11H2,1-3H3. The van der Waals surface area contributed by atoms with Crippen molar-refractivity contribution in [2.24, 2.45) is 0 Å². The van der Waals surface area contributed by atoms with Gasteiger partial charge in [-0.1, -0.05) is 19.1 Å². The smallest absolute Gasteiger partial charge is 0.107 e. The van der Waals surface area contributed by atoms with E-state index < -0.39 is 0 Å². The number of rotatable bonds is 4. The fourth-order valence-corrected chi connectivity index (χ4v) is 2.45. The van der Waals surface area contributed by atoms with Gasteiger partial charge in [-0.15, -0.1) is 0 Å². The van der Waals surface area contributed by atoms with Crippen LogP contribution < -0.4 is 0 Å². The van der Waals surface area contributed by atoms with Crippen LogP contribution in [0.3, 0.4) is 0 Å². The highest BCUT2D eigenvalue weighted by molar-refractivity contribution is 5.75. The zero-order valence-corrected chi connectivity index (χ0v) is 12.2. The Morgan fingerprint density at radius 2 is 2.00 bits per heavy atom. The summed E-state index contributed by atoms with van der Waals surface area (Å²) in [6, 6.07) is 10.8. The van der Waals surface area contributed by atoms with E-state index in [0.717, 1.165) is 30.0 Å². The molecule has 0 spiro atoms. The number of aryl methyl sites for hydroxylation is 1. The third-order valence-electron chi connectivity index (χ3n) is 3.87. The summed E-state index contributed by atoms with van der Waals surface area (Å²) in [5.74, 6) is 1.03. The van der Waals surface area contributed by atoms with Crippen molar-refractivity contribution in [1.82, 2.24) is 19.3 Å². The summed E-state index contributed by atoms with van der Waals surface area (Å²) < 4.78 is 4.27. The van der Waals surface area contributed by atoms with Gasteiger partial charge in [0.1, 0.15) is 5.82 Å². The van der Waals surface area contributed by atoms with Crippen LogP contribution in [0.5, 0.6) is 0 Å². The molecule has 0 aliphatic heterocycles. The van der Waals surface area contributed by atoms with Crippen molar-refractivity contribution in [3.05, 3.63) is 48.0 Å². The highest BCUT2D eigenvalue weighted by Crippen LogP contribution is 2.17. The highest BCUT2D eigenvalue weighted by atomic mass is 15.3. The van der Waals surface area contributed by atoms with Crippen LogP contribution in [-0.4, -0.2) is 19.3 Å². The van der Waals surface area contributed by atoms with Gasteiger partial charge in [-0.25, -0.2) is 4.98 Å². The van der Waals surface area contributed by atoms with Crippen molar-refractivity contribution in [2.45, 2.75) is 39.8 Å². The van der Waals surface area contributed by atoms with Gasteiger partial charge in [0.15, 0.2) is 0 Å². The predicted molar refractivity (Wildman–Crippen MR) is 80.8 cm³/mol. The van der Waals surface area contributed by atoms with Gasteiger partial charge in [0.05, 0.1) is 23.3 Å². The minimum atomic E-state index is 0.448. The summed E-state index contributed by atoms with van der Waals surface area (Å²) in [5.41, 5.74) is 3.30. The average Bonchev–Trinajstić information content (AvgIpc) is 3.04. The Hall–Kier alpha value is -2.10. The molecule has 1 atom stereocenters. The number of imidazole rings is 1. The molecular weight excluding hydrogens is 248 g/mol. The molecule has 0 N–H and O–H groups in total. The van der Waals surface area contributed by atoms with Gasteiger partial charge in [-0.2, -0.15) is 5.10 Å². The SMILES string of the molecule is CCC(C)n1ccc(Cn2c(C)nc3ccccc32)n1. The highest BCUT2D eigenvalue weighted by Gasteiger charge is 2.10. The molecule has 1 unspecified atom stereocenters. The van der Waals surface area contributed by atoms with E-state index in [1.165, 1.54) is 5.52 Å². The van der Waals surface area contributed by atoms with E-state index in [0.29, 0.717) is 6.04 Å². The minimum Gasteiger partial charge on any atom is -0.322 e. The quantitative estimate of drug-likeness (QED) is 0.725. The lowest BCUT2D eigenvalue weighted by atomic mass is 10.3. The normalized spacial score (nSPS) is 12.9. The van der Waals surface area contributed by atoms with E-state index in [4.69, 9.17) is 0 Å². The van der Waals surface area contributed by atoms with Gasteiger partial charge >= 0.3 is 0 Å². The van der Waals surface area contributed by atoms with Crippen LogP contribution in [-0.2, 0) is 6.54 Å². The van der Waals surface area contributed by atoms with Crippen molar-refractivity contribution in [3.8, 4) is 0 Å². The van der Waals surface area contributed by atoms with E-state index in [-0.39, 0.29) is 0 Å². The molecule has 0 saturated heterocycles. The number of fused-ring (bicyclic) bond motifs is 1. The largest absolute Gasteiger partial charge is 0.322 e. The Kier molecular flexibility index (Phi) is 3.30. The molecule has 2 aromatic heterocycles. The fraction of sp³-hybridized carbons (Fsp3) is 0.375. The number of hydrogen-bond donors (Lipinski definition) is 0. The summed E-state index contributed by atoms with van der Waals surface area (Å²) in [6.07, 6.45) is 3.16. The van der Waals surface area contributed by atoms with Gasteiger partial charge in [-0.05, 0) is 38.5 Å².